The average Bonchev–Trinajstić information content (AvgIpc) is 3.02. The number of fused-ring (bicyclic) bond motifs is 1. The molecule has 0 spiro atoms. The van der Waals surface area contributed by atoms with Crippen LogP contribution in [0.4, 0.5) is 11.4 Å². The number of likely N-dealkylation sites (N-methyl/N-ethyl adjacent to an activating group) is 1. The van der Waals surface area contributed by atoms with E-state index >= 15 is 0 Å². The number of benzene rings is 1. The number of para-hydroxylation sites is 2. The molecule has 0 aliphatic carbocycles. The van der Waals surface area contributed by atoms with Crippen molar-refractivity contribution in [2.24, 2.45) is 5.73 Å². The van der Waals surface area contributed by atoms with Crippen LogP contribution in [0.2, 0.25) is 0 Å². The van der Waals surface area contributed by atoms with Crippen molar-refractivity contribution in [1.82, 2.24) is 0 Å². The molecule has 114 valence electrons. The van der Waals surface area contributed by atoms with E-state index in [1.807, 2.05) is 23.1 Å². The van der Waals surface area contributed by atoms with Crippen molar-refractivity contribution in [3.8, 4) is 0 Å². The molecule has 2 N–H and O–H groups in total. The summed E-state index contributed by atoms with van der Waals surface area (Å²) in [6.07, 6.45) is 1.35. The lowest BCUT2D eigenvalue weighted by atomic mass is 10.1. The van der Waals surface area contributed by atoms with Gasteiger partial charge in [0.2, 0.25) is 0 Å². The molecule has 0 bridgehead atoms. The van der Waals surface area contributed by atoms with Gasteiger partial charge in [0.1, 0.15) is 6.10 Å². The van der Waals surface area contributed by atoms with E-state index in [9.17, 15) is 4.79 Å². The van der Waals surface area contributed by atoms with Crippen molar-refractivity contribution >= 4 is 17.3 Å². The third kappa shape index (κ3) is 2.63. The minimum atomic E-state index is -0.334. The summed E-state index contributed by atoms with van der Waals surface area (Å²) >= 11 is 0. The second-order valence-electron chi connectivity index (χ2n) is 5.62. The van der Waals surface area contributed by atoms with Crippen LogP contribution in [0, 0.1) is 0 Å². The fraction of sp³-hybridized carbons (Fsp3) is 0.562. The van der Waals surface area contributed by atoms with Crippen LogP contribution < -0.4 is 15.5 Å². The molecular weight excluding hydrogens is 266 g/mol. The van der Waals surface area contributed by atoms with Crippen LogP contribution in [-0.4, -0.2) is 44.3 Å². The fourth-order valence-electron chi connectivity index (χ4n) is 3.21. The summed E-state index contributed by atoms with van der Waals surface area (Å²) < 4.78 is 5.76. The summed E-state index contributed by atoms with van der Waals surface area (Å²) in [4.78, 5) is 16.9. The highest BCUT2D eigenvalue weighted by molar-refractivity contribution is 6.00. The largest absolute Gasteiger partial charge is 0.368 e. The van der Waals surface area contributed by atoms with Crippen LogP contribution in [0.5, 0.6) is 0 Å². The van der Waals surface area contributed by atoms with Gasteiger partial charge in [-0.1, -0.05) is 12.1 Å². The Hall–Kier alpha value is -1.59. The number of amides is 1. The van der Waals surface area contributed by atoms with Crippen molar-refractivity contribution in [3.05, 3.63) is 24.3 Å². The Balaban J connectivity index is 1.81. The number of carbonyl (C=O) groups excluding carboxylic acids is 1. The van der Waals surface area contributed by atoms with Gasteiger partial charge < -0.3 is 20.3 Å². The molecule has 1 aromatic carbocycles. The topological polar surface area (TPSA) is 58.8 Å². The Morgan fingerprint density at radius 1 is 1.29 bits per heavy atom. The summed E-state index contributed by atoms with van der Waals surface area (Å²) in [6.45, 7) is 5.17. The van der Waals surface area contributed by atoms with E-state index in [0.29, 0.717) is 6.54 Å². The lowest BCUT2D eigenvalue weighted by Gasteiger charge is -2.38. The number of hydrogen-bond acceptors (Lipinski definition) is 4. The van der Waals surface area contributed by atoms with E-state index < -0.39 is 0 Å². The van der Waals surface area contributed by atoms with Crippen LogP contribution in [0.3, 0.4) is 0 Å². The van der Waals surface area contributed by atoms with E-state index in [0.717, 1.165) is 43.9 Å². The van der Waals surface area contributed by atoms with Crippen molar-refractivity contribution in [3.63, 3.8) is 0 Å². The van der Waals surface area contributed by atoms with Crippen LogP contribution in [0.1, 0.15) is 19.8 Å². The molecule has 2 aliphatic rings. The number of nitrogens with two attached hydrogens (primary N) is 1. The smallest absolute Gasteiger partial charge is 0.256 e. The van der Waals surface area contributed by atoms with E-state index in [-0.39, 0.29) is 18.1 Å². The summed E-state index contributed by atoms with van der Waals surface area (Å²) in [5.74, 6) is 0.0779. The van der Waals surface area contributed by atoms with Gasteiger partial charge in [0.25, 0.3) is 5.91 Å². The van der Waals surface area contributed by atoms with Gasteiger partial charge in [0, 0.05) is 26.2 Å². The Kier molecular flexibility index (Phi) is 4.12. The number of nitrogens with zero attached hydrogens (tertiary/aromatic N) is 2. The average molecular weight is 289 g/mol. The molecule has 3 rings (SSSR count). The normalized spacial score (nSPS) is 25.0. The molecule has 1 aromatic rings. The van der Waals surface area contributed by atoms with Gasteiger partial charge in [0.15, 0.2) is 0 Å². The highest BCUT2D eigenvalue weighted by Gasteiger charge is 2.35. The minimum Gasteiger partial charge on any atom is -0.368 e. The maximum atomic E-state index is 12.8. The molecule has 0 saturated carbocycles. The molecule has 2 heterocycles. The van der Waals surface area contributed by atoms with Crippen LogP contribution in [0.25, 0.3) is 0 Å². The monoisotopic (exact) mass is 289 g/mol. The molecule has 21 heavy (non-hydrogen) atoms. The number of anilines is 2. The van der Waals surface area contributed by atoms with Crippen LogP contribution >= 0.6 is 0 Å². The van der Waals surface area contributed by atoms with Gasteiger partial charge in [-0.25, -0.2) is 0 Å². The van der Waals surface area contributed by atoms with E-state index in [4.69, 9.17) is 10.5 Å². The summed E-state index contributed by atoms with van der Waals surface area (Å²) in [6, 6.07) is 8.10. The predicted octanol–water partition coefficient (Wildman–Crippen LogP) is 1.37. The van der Waals surface area contributed by atoms with Gasteiger partial charge in [-0.3, -0.25) is 4.79 Å². The summed E-state index contributed by atoms with van der Waals surface area (Å²) in [5.41, 5.74) is 7.76. The minimum absolute atomic E-state index is 0.0334. The standard InChI is InChI=1S/C16H23N3O2/c1-2-18-9-10-19(14-6-4-3-5-13(14)18)16(20)15-8-7-12(11-17)21-15/h3-6,12,15H,2,7-11,17H2,1H3/t12-,15+/m1/s1. The Labute approximate surface area is 125 Å². The molecule has 2 atom stereocenters. The van der Waals surface area contributed by atoms with Crippen LogP contribution in [0.15, 0.2) is 24.3 Å². The quantitative estimate of drug-likeness (QED) is 0.913. The van der Waals surface area contributed by atoms with E-state index in [1.54, 1.807) is 0 Å². The summed E-state index contributed by atoms with van der Waals surface area (Å²) in [7, 11) is 0. The first kappa shape index (κ1) is 14.4. The first-order valence-corrected chi connectivity index (χ1v) is 7.75. The Morgan fingerprint density at radius 2 is 2.05 bits per heavy atom. The maximum Gasteiger partial charge on any atom is 0.256 e. The second kappa shape index (κ2) is 6.03. The molecule has 2 aliphatic heterocycles. The van der Waals surface area contributed by atoms with Gasteiger partial charge in [-0.05, 0) is 31.9 Å². The van der Waals surface area contributed by atoms with E-state index in [2.05, 4.69) is 17.9 Å². The Bertz CT molecular complexity index is 520. The molecule has 5 nitrogen and oxygen atoms in total. The highest BCUT2D eigenvalue weighted by Crippen LogP contribution is 2.34. The molecule has 1 amide bonds. The first-order valence-electron chi connectivity index (χ1n) is 7.75. The first-order chi connectivity index (χ1) is 10.2. The van der Waals surface area contributed by atoms with Crippen LogP contribution in [-0.2, 0) is 9.53 Å². The number of rotatable bonds is 3. The van der Waals surface area contributed by atoms with Gasteiger partial charge in [-0.15, -0.1) is 0 Å². The zero-order chi connectivity index (χ0) is 14.8. The molecule has 0 radical (unpaired) electrons. The van der Waals surface area contributed by atoms with Crippen molar-refractivity contribution in [2.75, 3.05) is 36.0 Å². The van der Waals surface area contributed by atoms with E-state index in [1.165, 1.54) is 0 Å². The molecule has 0 aromatic heterocycles. The van der Waals surface area contributed by atoms with Gasteiger partial charge in [0.05, 0.1) is 17.5 Å². The maximum absolute atomic E-state index is 12.8. The molecular formula is C16H23N3O2. The lowest BCUT2D eigenvalue weighted by Crippen LogP contribution is -2.47. The zero-order valence-corrected chi connectivity index (χ0v) is 12.5. The van der Waals surface area contributed by atoms with Crippen molar-refractivity contribution < 1.29 is 9.53 Å². The molecule has 5 heteroatoms. The number of hydrogen-bond donors (Lipinski definition) is 1. The molecule has 1 fully saturated rings. The molecule has 1 saturated heterocycles. The van der Waals surface area contributed by atoms with Gasteiger partial charge in [-0.2, -0.15) is 0 Å². The summed E-state index contributed by atoms with van der Waals surface area (Å²) in [5, 5.41) is 0. The van der Waals surface area contributed by atoms with Gasteiger partial charge >= 0.3 is 0 Å². The SMILES string of the molecule is CCN1CCN(C(=O)[C@@H]2CC[C@H](CN)O2)c2ccccc21. The zero-order valence-electron chi connectivity index (χ0n) is 12.5. The van der Waals surface area contributed by atoms with Crippen molar-refractivity contribution in [2.45, 2.75) is 32.0 Å². The molecule has 0 unspecified atom stereocenters. The second-order valence-corrected chi connectivity index (χ2v) is 5.62. The third-order valence-electron chi connectivity index (χ3n) is 4.40. The predicted molar refractivity (Wildman–Crippen MR) is 83.6 cm³/mol. The Morgan fingerprint density at radius 3 is 2.71 bits per heavy atom. The third-order valence-corrected chi connectivity index (χ3v) is 4.40. The highest BCUT2D eigenvalue weighted by atomic mass is 16.5. The number of carbonyl (C=O) groups is 1. The lowest BCUT2D eigenvalue weighted by molar-refractivity contribution is -0.129. The van der Waals surface area contributed by atoms with Crippen molar-refractivity contribution in [1.29, 1.82) is 0 Å². The fourth-order valence-corrected chi connectivity index (χ4v) is 3.21. The number of ether oxygens (including phenoxy) is 1.